The number of thiophene rings is 1. The number of rotatable bonds is 6. The molecular formula is C18H27N4O4S+. The number of hydrogen-bond acceptors (Lipinski definition) is 6. The number of ether oxygens (including phenoxy) is 1. The zero-order chi connectivity index (χ0) is 19.6. The second-order valence-electron chi connectivity index (χ2n) is 7.12. The molecule has 3 aliphatic rings. The molecule has 9 heteroatoms. The number of hydrogen-bond donors (Lipinski definition) is 2. The van der Waals surface area contributed by atoms with Crippen LogP contribution in [0.1, 0.15) is 32.5 Å². The maximum absolute atomic E-state index is 12.8. The maximum atomic E-state index is 12.8. The molecule has 3 fully saturated rings. The van der Waals surface area contributed by atoms with E-state index in [1.54, 1.807) is 13.8 Å². The van der Waals surface area contributed by atoms with Crippen LogP contribution in [0.4, 0.5) is 5.00 Å². The summed E-state index contributed by atoms with van der Waals surface area (Å²) in [5.41, 5.74) is 0.809. The van der Waals surface area contributed by atoms with Crippen LogP contribution in [0.15, 0.2) is 0 Å². The first kappa shape index (κ1) is 19.8. The lowest BCUT2D eigenvalue weighted by Crippen LogP contribution is -2.68. The van der Waals surface area contributed by atoms with Crippen molar-refractivity contribution in [1.82, 2.24) is 10.2 Å². The number of amides is 2. The molecule has 2 bridgehead atoms. The highest BCUT2D eigenvalue weighted by atomic mass is 32.1. The predicted octanol–water partition coefficient (Wildman–Crippen LogP) is 0.677. The number of carbonyl (C=O) groups is 3. The lowest BCUT2D eigenvalue weighted by Gasteiger charge is -2.50. The van der Waals surface area contributed by atoms with Crippen LogP contribution in [0, 0.1) is 6.92 Å². The Morgan fingerprint density at radius 3 is 2.37 bits per heavy atom. The topological polar surface area (TPSA) is 87.7 Å². The number of fused-ring (bicyclic) bond motifs is 3. The third kappa shape index (κ3) is 3.99. The number of anilines is 1. The molecule has 1 aromatic heterocycles. The SMILES string of the molecule is CCOC(=O)c1c(NC(=O)C[N+]23CCN(CC2)CC3)sc(C(=O)NC)c1C. The van der Waals surface area contributed by atoms with E-state index in [0.717, 1.165) is 55.1 Å². The molecule has 2 amide bonds. The molecule has 2 N–H and O–H groups in total. The van der Waals surface area contributed by atoms with Gasteiger partial charge in [0, 0.05) is 26.7 Å². The molecule has 0 spiro atoms. The Bertz CT molecular complexity index is 739. The second-order valence-corrected chi connectivity index (χ2v) is 8.14. The van der Waals surface area contributed by atoms with Gasteiger partial charge in [0.15, 0.2) is 6.54 Å². The molecule has 8 nitrogen and oxygen atoms in total. The van der Waals surface area contributed by atoms with Crippen LogP contribution in [0.2, 0.25) is 0 Å². The summed E-state index contributed by atoms with van der Waals surface area (Å²) in [7, 11) is 1.54. The van der Waals surface area contributed by atoms with Gasteiger partial charge in [-0.2, -0.15) is 0 Å². The van der Waals surface area contributed by atoms with Crippen LogP contribution in [-0.2, 0) is 9.53 Å². The first-order valence-electron chi connectivity index (χ1n) is 9.29. The Kier molecular flexibility index (Phi) is 5.83. The lowest BCUT2D eigenvalue weighted by molar-refractivity contribution is -0.933. The van der Waals surface area contributed by atoms with E-state index < -0.39 is 5.97 Å². The van der Waals surface area contributed by atoms with Gasteiger partial charge in [-0.25, -0.2) is 4.79 Å². The van der Waals surface area contributed by atoms with E-state index in [1.165, 1.54) is 7.05 Å². The fraction of sp³-hybridized carbons (Fsp3) is 0.611. The van der Waals surface area contributed by atoms with Gasteiger partial charge >= 0.3 is 5.97 Å². The van der Waals surface area contributed by atoms with Gasteiger partial charge in [0.2, 0.25) is 0 Å². The Morgan fingerprint density at radius 2 is 1.81 bits per heavy atom. The van der Waals surface area contributed by atoms with Gasteiger partial charge in [-0.3, -0.25) is 14.5 Å². The van der Waals surface area contributed by atoms with Crippen LogP contribution in [0.25, 0.3) is 0 Å². The number of nitrogens with one attached hydrogen (secondary N) is 2. The summed E-state index contributed by atoms with van der Waals surface area (Å²) in [4.78, 5) is 40.1. The third-order valence-corrected chi connectivity index (χ3v) is 6.67. The number of quaternary nitrogens is 1. The van der Waals surface area contributed by atoms with Gasteiger partial charge in [0.05, 0.1) is 36.7 Å². The van der Waals surface area contributed by atoms with Crippen molar-refractivity contribution in [2.75, 3.05) is 64.8 Å². The normalized spacial score (nSPS) is 23.7. The van der Waals surface area contributed by atoms with Gasteiger partial charge in [-0.15, -0.1) is 11.3 Å². The molecule has 0 atom stereocenters. The monoisotopic (exact) mass is 395 g/mol. The van der Waals surface area contributed by atoms with Crippen molar-refractivity contribution < 1.29 is 23.6 Å². The highest BCUT2D eigenvalue weighted by molar-refractivity contribution is 7.18. The van der Waals surface area contributed by atoms with Gasteiger partial charge in [-0.05, 0) is 19.4 Å². The zero-order valence-corrected chi connectivity index (χ0v) is 16.9. The highest BCUT2D eigenvalue weighted by Crippen LogP contribution is 2.34. The van der Waals surface area contributed by atoms with Gasteiger partial charge in [0.25, 0.3) is 11.8 Å². The Balaban J connectivity index is 1.81. The largest absolute Gasteiger partial charge is 0.462 e. The quantitative estimate of drug-likeness (QED) is 0.546. The number of piperazine rings is 3. The highest BCUT2D eigenvalue weighted by Gasteiger charge is 2.40. The molecule has 4 rings (SSSR count). The van der Waals surface area contributed by atoms with Crippen LogP contribution in [-0.4, -0.2) is 86.6 Å². The lowest BCUT2D eigenvalue weighted by atomic mass is 10.1. The standard InChI is InChI=1S/C18H26N4O4S/c1-4-26-18(25)14-12(2)15(16(24)19-3)27-17(14)20-13(23)11-22-8-5-21(6-9-22)7-10-22/h4-11H2,1-3H3,(H-,19,20,23,24,25)/p+1. The molecular weight excluding hydrogens is 368 g/mol. The third-order valence-electron chi connectivity index (χ3n) is 5.46. The summed E-state index contributed by atoms with van der Waals surface area (Å²) >= 11 is 1.12. The summed E-state index contributed by atoms with van der Waals surface area (Å²) in [6, 6.07) is 0. The number of nitrogens with zero attached hydrogens (tertiary/aromatic N) is 2. The van der Waals surface area contributed by atoms with Crippen molar-refractivity contribution in [2.45, 2.75) is 13.8 Å². The molecule has 3 saturated heterocycles. The van der Waals surface area contributed by atoms with Gasteiger partial charge in [-0.1, -0.05) is 0 Å². The van der Waals surface area contributed by atoms with Crippen LogP contribution in [0.5, 0.6) is 0 Å². The second kappa shape index (κ2) is 7.95. The minimum Gasteiger partial charge on any atom is -0.462 e. The van der Waals surface area contributed by atoms with E-state index >= 15 is 0 Å². The first-order chi connectivity index (χ1) is 12.9. The number of esters is 1. The van der Waals surface area contributed by atoms with Gasteiger partial charge in [0.1, 0.15) is 5.00 Å². The molecule has 3 aliphatic heterocycles. The van der Waals surface area contributed by atoms with Gasteiger partial charge < -0.3 is 19.9 Å². The summed E-state index contributed by atoms with van der Waals surface area (Å²) in [6.45, 7) is 10.1. The van der Waals surface area contributed by atoms with E-state index in [0.29, 0.717) is 22.0 Å². The first-order valence-corrected chi connectivity index (χ1v) is 10.1. The predicted molar refractivity (Wildman–Crippen MR) is 103 cm³/mol. The molecule has 0 unspecified atom stereocenters. The molecule has 0 radical (unpaired) electrons. The van der Waals surface area contributed by atoms with E-state index in [-0.39, 0.29) is 24.0 Å². The molecule has 0 saturated carbocycles. The summed E-state index contributed by atoms with van der Waals surface area (Å²) in [5, 5.41) is 5.85. The Morgan fingerprint density at radius 1 is 1.19 bits per heavy atom. The van der Waals surface area contributed by atoms with Crippen LogP contribution >= 0.6 is 11.3 Å². The summed E-state index contributed by atoms with van der Waals surface area (Å²) in [5.74, 6) is -0.923. The van der Waals surface area contributed by atoms with Crippen molar-refractivity contribution in [1.29, 1.82) is 0 Å². The van der Waals surface area contributed by atoms with Crippen LogP contribution in [0.3, 0.4) is 0 Å². The van der Waals surface area contributed by atoms with Crippen LogP contribution < -0.4 is 10.6 Å². The fourth-order valence-corrected chi connectivity index (χ4v) is 4.98. The molecule has 148 valence electrons. The van der Waals surface area contributed by atoms with Crippen molar-refractivity contribution in [3.63, 3.8) is 0 Å². The maximum Gasteiger partial charge on any atom is 0.341 e. The Hall–Kier alpha value is -1.97. The summed E-state index contributed by atoms with van der Waals surface area (Å²) < 4.78 is 5.93. The zero-order valence-electron chi connectivity index (χ0n) is 16.1. The molecule has 1 aromatic rings. The Labute approximate surface area is 163 Å². The van der Waals surface area contributed by atoms with Crippen molar-refractivity contribution in [2.24, 2.45) is 0 Å². The molecule has 0 aliphatic carbocycles. The molecule has 0 aromatic carbocycles. The van der Waals surface area contributed by atoms with E-state index in [9.17, 15) is 14.4 Å². The molecule has 4 heterocycles. The smallest absolute Gasteiger partial charge is 0.341 e. The van der Waals surface area contributed by atoms with Crippen molar-refractivity contribution >= 4 is 34.1 Å². The minimum atomic E-state index is -0.518. The summed E-state index contributed by atoms with van der Waals surface area (Å²) in [6.07, 6.45) is 0. The van der Waals surface area contributed by atoms with E-state index in [1.807, 2.05) is 0 Å². The average molecular weight is 396 g/mol. The van der Waals surface area contributed by atoms with Crippen molar-refractivity contribution in [3.8, 4) is 0 Å². The fourth-order valence-electron chi connectivity index (χ4n) is 3.82. The molecule has 27 heavy (non-hydrogen) atoms. The van der Waals surface area contributed by atoms with Crippen molar-refractivity contribution in [3.05, 3.63) is 16.0 Å². The number of carbonyl (C=O) groups excluding carboxylic acids is 3. The minimum absolute atomic E-state index is 0.124. The average Bonchev–Trinajstić information content (AvgIpc) is 2.98. The van der Waals surface area contributed by atoms with E-state index in [2.05, 4.69) is 15.5 Å². The van der Waals surface area contributed by atoms with E-state index in [4.69, 9.17) is 4.74 Å².